The summed E-state index contributed by atoms with van der Waals surface area (Å²) in [5.74, 6) is -0.952. The normalized spacial score (nSPS) is 14.5. The van der Waals surface area contributed by atoms with E-state index >= 15 is 0 Å². The lowest BCUT2D eigenvalue weighted by Gasteiger charge is -2.27. The predicted octanol–water partition coefficient (Wildman–Crippen LogP) is 5.23. The standard InChI is InChI=1S/C27H22BrN3O7/c1-15-7-8-19(9-16(15)2)30-26(33)21(25(32)29-27(30)34)11-18-12-23(37-3)24(13-22(18)28)38-14-17-5-4-6-20(10-17)31(35)36/h4-13H,14H2,1-3H3,(H,29,32,34)/b21-11+. The molecule has 1 fully saturated rings. The summed E-state index contributed by atoms with van der Waals surface area (Å²) in [6, 6.07) is 13.5. The van der Waals surface area contributed by atoms with Crippen LogP contribution >= 0.6 is 15.9 Å². The maximum Gasteiger partial charge on any atom is 0.335 e. The van der Waals surface area contributed by atoms with E-state index in [2.05, 4.69) is 21.2 Å². The number of hydrogen-bond acceptors (Lipinski definition) is 7. The summed E-state index contributed by atoms with van der Waals surface area (Å²) in [7, 11) is 1.43. The molecule has 0 bridgehead atoms. The monoisotopic (exact) mass is 579 g/mol. The first-order chi connectivity index (χ1) is 18.1. The highest BCUT2D eigenvalue weighted by atomic mass is 79.9. The number of nitrogens with zero attached hydrogens (tertiary/aromatic N) is 2. The Morgan fingerprint density at radius 2 is 1.79 bits per heavy atom. The molecule has 0 spiro atoms. The number of halogens is 1. The van der Waals surface area contributed by atoms with Crippen LogP contribution in [0, 0.1) is 24.0 Å². The minimum Gasteiger partial charge on any atom is -0.493 e. The average Bonchev–Trinajstić information content (AvgIpc) is 2.88. The quantitative estimate of drug-likeness (QED) is 0.176. The zero-order chi connectivity index (χ0) is 27.6. The lowest BCUT2D eigenvalue weighted by atomic mass is 10.0. The van der Waals surface area contributed by atoms with E-state index in [-0.39, 0.29) is 17.9 Å². The van der Waals surface area contributed by atoms with Crippen molar-refractivity contribution in [2.24, 2.45) is 0 Å². The number of nitrogens with one attached hydrogen (secondary N) is 1. The smallest absolute Gasteiger partial charge is 0.335 e. The van der Waals surface area contributed by atoms with Crippen molar-refractivity contribution in [1.82, 2.24) is 5.32 Å². The van der Waals surface area contributed by atoms with Crippen LogP contribution in [0.4, 0.5) is 16.2 Å². The molecule has 1 heterocycles. The van der Waals surface area contributed by atoms with Gasteiger partial charge in [-0.15, -0.1) is 0 Å². The molecule has 4 amide bonds. The Hall–Kier alpha value is -4.51. The first-order valence-corrected chi connectivity index (χ1v) is 12.1. The molecule has 3 aromatic rings. The number of nitro groups is 1. The fraction of sp³-hybridized carbons (Fsp3) is 0.148. The number of non-ortho nitro benzene ring substituents is 1. The lowest BCUT2D eigenvalue weighted by Crippen LogP contribution is -2.54. The highest BCUT2D eigenvalue weighted by Gasteiger charge is 2.37. The average molecular weight is 580 g/mol. The van der Waals surface area contributed by atoms with Crippen molar-refractivity contribution in [3.05, 3.63) is 97.0 Å². The molecular formula is C27H22BrN3O7. The van der Waals surface area contributed by atoms with Crippen LogP contribution in [0.1, 0.15) is 22.3 Å². The number of barbiturate groups is 1. The van der Waals surface area contributed by atoms with Gasteiger partial charge >= 0.3 is 6.03 Å². The summed E-state index contributed by atoms with van der Waals surface area (Å²) in [6.45, 7) is 3.81. The van der Waals surface area contributed by atoms with Crippen LogP contribution in [0.25, 0.3) is 6.08 Å². The molecule has 1 N–H and O–H groups in total. The summed E-state index contributed by atoms with van der Waals surface area (Å²) in [5.41, 5.74) is 2.95. The van der Waals surface area contributed by atoms with Gasteiger partial charge in [-0.3, -0.25) is 25.0 Å². The second-order valence-corrected chi connectivity index (χ2v) is 9.32. The minimum atomic E-state index is -0.832. The molecule has 0 aliphatic carbocycles. The molecule has 1 saturated heterocycles. The van der Waals surface area contributed by atoms with E-state index in [9.17, 15) is 24.5 Å². The van der Waals surface area contributed by atoms with Gasteiger partial charge in [-0.05, 0) is 66.4 Å². The largest absolute Gasteiger partial charge is 0.493 e. The van der Waals surface area contributed by atoms with Gasteiger partial charge in [-0.25, -0.2) is 9.69 Å². The zero-order valence-electron chi connectivity index (χ0n) is 20.6. The van der Waals surface area contributed by atoms with Crippen molar-refractivity contribution < 1.29 is 28.8 Å². The zero-order valence-corrected chi connectivity index (χ0v) is 22.2. The Balaban J connectivity index is 1.63. The molecule has 194 valence electrons. The second-order valence-electron chi connectivity index (χ2n) is 8.47. The molecule has 10 nitrogen and oxygen atoms in total. The van der Waals surface area contributed by atoms with Crippen LogP contribution < -0.4 is 19.7 Å². The molecule has 0 aromatic heterocycles. The topological polar surface area (TPSA) is 128 Å². The SMILES string of the molecule is COc1cc(/C=C2\C(=O)NC(=O)N(c3ccc(C)c(C)c3)C2=O)c(Br)cc1OCc1cccc([N+](=O)[O-])c1. The Labute approximate surface area is 226 Å². The van der Waals surface area contributed by atoms with Gasteiger partial charge in [-0.1, -0.05) is 34.1 Å². The van der Waals surface area contributed by atoms with Crippen molar-refractivity contribution in [3.63, 3.8) is 0 Å². The van der Waals surface area contributed by atoms with E-state index in [1.54, 1.807) is 42.5 Å². The van der Waals surface area contributed by atoms with E-state index in [4.69, 9.17) is 9.47 Å². The third kappa shape index (κ3) is 5.42. The van der Waals surface area contributed by atoms with Crippen LogP contribution in [0.3, 0.4) is 0 Å². The van der Waals surface area contributed by atoms with Gasteiger partial charge < -0.3 is 9.47 Å². The van der Waals surface area contributed by atoms with Gasteiger partial charge in [0.2, 0.25) is 0 Å². The number of ether oxygens (including phenoxy) is 2. The summed E-state index contributed by atoms with van der Waals surface area (Å²) in [6.07, 6.45) is 1.36. The minimum absolute atomic E-state index is 0.0405. The van der Waals surface area contributed by atoms with Crippen LogP contribution in [-0.4, -0.2) is 29.9 Å². The number of methoxy groups -OCH3 is 1. The highest BCUT2D eigenvalue weighted by molar-refractivity contribution is 9.10. The number of carbonyl (C=O) groups excluding carboxylic acids is 3. The van der Waals surface area contributed by atoms with Crippen molar-refractivity contribution in [1.29, 1.82) is 0 Å². The number of anilines is 1. The number of rotatable bonds is 7. The lowest BCUT2D eigenvalue weighted by molar-refractivity contribution is -0.384. The molecule has 3 aromatic carbocycles. The van der Waals surface area contributed by atoms with Crippen LogP contribution in [-0.2, 0) is 16.2 Å². The van der Waals surface area contributed by atoms with E-state index in [1.165, 1.54) is 25.3 Å². The molecule has 11 heteroatoms. The second kappa shape index (κ2) is 10.9. The predicted molar refractivity (Wildman–Crippen MR) is 143 cm³/mol. The third-order valence-corrected chi connectivity index (χ3v) is 6.64. The fourth-order valence-electron chi connectivity index (χ4n) is 3.77. The van der Waals surface area contributed by atoms with E-state index in [1.807, 2.05) is 13.8 Å². The van der Waals surface area contributed by atoms with Crippen LogP contribution in [0.2, 0.25) is 0 Å². The number of carbonyl (C=O) groups is 3. The van der Waals surface area contributed by atoms with Crippen LogP contribution in [0.5, 0.6) is 11.5 Å². The molecule has 0 saturated carbocycles. The summed E-state index contributed by atoms with van der Waals surface area (Å²) in [4.78, 5) is 49.9. The molecule has 0 atom stereocenters. The van der Waals surface area contributed by atoms with Gasteiger partial charge in [-0.2, -0.15) is 0 Å². The Morgan fingerprint density at radius 3 is 2.47 bits per heavy atom. The molecule has 4 rings (SSSR count). The number of nitro benzene ring substituents is 1. The Morgan fingerprint density at radius 1 is 1.03 bits per heavy atom. The van der Waals surface area contributed by atoms with Crippen molar-refractivity contribution in [2.45, 2.75) is 20.5 Å². The van der Waals surface area contributed by atoms with Gasteiger partial charge in [0, 0.05) is 16.6 Å². The summed E-state index contributed by atoms with van der Waals surface area (Å²) in [5, 5.41) is 13.2. The van der Waals surface area contributed by atoms with Gasteiger partial charge in [0.05, 0.1) is 17.7 Å². The molecule has 0 radical (unpaired) electrons. The molecule has 1 aliphatic heterocycles. The summed E-state index contributed by atoms with van der Waals surface area (Å²) >= 11 is 3.43. The number of aryl methyl sites for hydroxylation is 2. The maximum absolute atomic E-state index is 13.3. The molecule has 0 unspecified atom stereocenters. The number of urea groups is 1. The molecule has 1 aliphatic rings. The first kappa shape index (κ1) is 26.6. The van der Waals surface area contributed by atoms with E-state index < -0.39 is 22.8 Å². The van der Waals surface area contributed by atoms with Gasteiger partial charge in [0.25, 0.3) is 17.5 Å². The van der Waals surface area contributed by atoms with Gasteiger partial charge in [0.1, 0.15) is 12.2 Å². The number of amides is 4. The number of imide groups is 2. The molecular weight excluding hydrogens is 558 g/mol. The summed E-state index contributed by atoms with van der Waals surface area (Å²) < 4.78 is 11.7. The number of hydrogen-bond donors (Lipinski definition) is 1. The first-order valence-electron chi connectivity index (χ1n) is 11.3. The Bertz CT molecular complexity index is 1520. The Kier molecular flexibility index (Phi) is 7.58. The highest BCUT2D eigenvalue weighted by Crippen LogP contribution is 2.36. The van der Waals surface area contributed by atoms with Crippen LogP contribution in [0.15, 0.2) is 64.6 Å². The number of benzene rings is 3. The molecule has 38 heavy (non-hydrogen) atoms. The van der Waals surface area contributed by atoms with E-state index in [0.717, 1.165) is 16.0 Å². The third-order valence-electron chi connectivity index (χ3n) is 5.95. The van der Waals surface area contributed by atoms with Gasteiger partial charge in [0.15, 0.2) is 11.5 Å². The maximum atomic E-state index is 13.3. The van der Waals surface area contributed by atoms with Crippen molar-refractivity contribution >= 4 is 51.2 Å². The fourth-order valence-corrected chi connectivity index (χ4v) is 4.20. The van der Waals surface area contributed by atoms with Crippen molar-refractivity contribution in [2.75, 3.05) is 12.0 Å². The van der Waals surface area contributed by atoms with Crippen molar-refractivity contribution in [3.8, 4) is 11.5 Å². The van der Waals surface area contributed by atoms with E-state index in [0.29, 0.717) is 32.8 Å².